The smallest absolute Gasteiger partial charge is 0.407 e. The van der Waals surface area contributed by atoms with Crippen LogP contribution in [0.5, 0.6) is 0 Å². The van der Waals surface area contributed by atoms with E-state index in [1.54, 1.807) is 31.9 Å². The van der Waals surface area contributed by atoms with Crippen molar-refractivity contribution in [2.75, 3.05) is 18.8 Å². The number of hydrogen-bond acceptors (Lipinski definition) is 11. The third-order valence-corrected chi connectivity index (χ3v) is 11.0. The molecule has 3 aromatic rings. The van der Waals surface area contributed by atoms with Crippen LogP contribution in [0.4, 0.5) is 9.59 Å². The summed E-state index contributed by atoms with van der Waals surface area (Å²) < 4.78 is 5.38. The van der Waals surface area contributed by atoms with Gasteiger partial charge in [-0.3, -0.25) is 9.59 Å². The monoisotopic (exact) mass is 795 g/mol. The lowest BCUT2D eigenvalue weighted by atomic mass is 9.83. The van der Waals surface area contributed by atoms with Gasteiger partial charge < -0.3 is 41.0 Å². The number of likely N-dealkylation sites (tertiary alicyclic amines) is 1. The number of amides is 5. The molecule has 1 saturated carbocycles. The summed E-state index contributed by atoms with van der Waals surface area (Å²) in [5, 5.41) is 37.6. The van der Waals surface area contributed by atoms with Gasteiger partial charge in [0.25, 0.3) is 0 Å². The van der Waals surface area contributed by atoms with Crippen molar-refractivity contribution in [3.8, 4) is 0 Å². The molecule has 1 aliphatic heterocycles. The van der Waals surface area contributed by atoms with Crippen molar-refractivity contribution in [1.29, 1.82) is 0 Å². The summed E-state index contributed by atoms with van der Waals surface area (Å²) in [6.07, 6.45) is 9.63. The van der Waals surface area contributed by atoms with Crippen LogP contribution in [0.1, 0.15) is 89.8 Å². The predicted molar refractivity (Wildman–Crippen MR) is 209 cm³/mol. The van der Waals surface area contributed by atoms with Crippen molar-refractivity contribution in [1.82, 2.24) is 56.8 Å². The zero-order chi connectivity index (χ0) is 39.9. The van der Waals surface area contributed by atoms with Crippen LogP contribution in [0.3, 0.4) is 0 Å². The van der Waals surface area contributed by atoms with Gasteiger partial charge in [-0.1, -0.05) is 74.2 Å². The minimum atomic E-state index is -1.05. The molecule has 306 valence electrons. The lowest BCUT2D eigenvalue weighted by Gasteiger charge is -2.34. The van der Waals surface area contributed by atoms with Crippen LogP contribution in [-0.4, -0.2) is 119 Å². The lowest BCUT2D eigenvalue weighted by Crippen LogP contribution is -2.59. The third-order valence-electron chi connectivity index (χ3n) is 10.1. The summed E-state index contributed by atoms with van der Waals surface area (Å²) >= 11 is 1.39. The van der Waals surface area contributed by atoms with Crippen LogP contribution in [0.2, 0.25) is 0 Å². The van der Waals surface area contributed by atoms with Gasteiger partial charge >= 0.3 is 12.1 Å². The van der Waals surface area contributed by atoms with Crippen molar-refractivity contribution < 1.29 is 29.0 Å². The molecule has 2 aliphatic rings. The second-order valence-electron chi connectivity index (χ2n) is 15.7. The fraction of sp³-hybridized carbons (Fsp3) is 0.632. The number of H-pyrrole nitrogens is 2. The second kappa shape index (κ2) is 21.0. The van der Waals surface area contributed by atoms with E-state index in [4.69, 9.17) is 4.74 Å². The van der Waals surface area contributed by atoms with Gasteiger partial charge in [-0.05, 0) is 68.4 Å². The lowest BCUT2D eigenvalue weighted by molar-refractivity contribution is -0.130. The average Bonchev–Trinajstić information content (AvgIpc) is 3.89. The number of piperidine rings is 1. The van der Waals surface area contributed by atoms with Gasteiger partial charge in [0.05, 0.1) is 24.2 Å². The molecule has 7 N–H and O–H groups in total. The first-order chi connectivity index (χ1) is 26.9. The summed E-state index contributed by atoms with van der Waals surface area (Å²) in [4.78, 5) is 63.2. The third kappa shape index (κ3) is 14.1. The fourth-order valence-corrected chi connectivity index (χ4v) is 7.91. The summed E-state index contributed by atoms with van der Waals surface area (Å²) in [6.45, 7) is 6.14. The first kappa shape index (κ1) is 42.4. The predicted octanol–water partition coefficient (Wildman–Crippen LogP) is 3.26. The number of rotatable bonds is 17. The van der Waals surface area contributed by atoms with E-state index in [0.717, 1.165) is 31.2 Å². The van der Waals surface area contributed by atoms with Crippen LogP contribution in [0.25, 0.3) is 0 Å². The van der Waals surface area contributed by atoms with E-state index < -0.39 is 53.8 Å². The van der Waals surface area contributed by atoms with Crippen molar-refractivity contribution in [2.45, 2.75) is 132 Å². The zero-order valence-corrected chi connectivity index (χ0v) is 33.4. The van der Waals surface area contributed by atoms with Crippen molar-refractivity contribution in [3.05, 3.63) is 54.1 Å². The summed E-state index contributed by atoms with van der Waals surface area (Å²) in [5.41, 5.74) is 0.778. The number of aromatic nitrogens is 6. The van der Waals surface area contributed by atoms with E-state index in [2.05, 4.69) is 51.9 Å². The highest BCUT2D eigenvalue weighted by molar-refractivity contribution is 7.99. The number of alkyl carbamates (subject to hydrolysis) is 1. The molecular formula is C38H57N11O6S. The SMILES string of the molecule is CC(C)(C)OC(=O)NC1CCN(C(=O)N[C@@H](Cc2ccccc2)C(=O)N[C@@H](Cc2c[nH]cn2)C(=O)N[C@@H](CC2CCCCC2)[C@@H](O)CCSc2nnn[nH]2)CC1. The molecule has 0 radical (unpaired) electrons. The number of aromatic amines is 2. The minimum Gasteiger partial charge on any atom is -0.444 e. The van der Waals surface area contributed by atoms with E-state index in [-0.39, 0.29) is 18.9 Å². The zero-order valence-electron chi connectivity index (χ0n) is 32.5. The quantitative estimate of drug-likeness (QED) is 0.0981. The van der Waals surface area contributed by atoms with Crippen molar-refractivity contribution in [3.63, 3.8) is 0 Å². The number of benzene rings is 1. The number of thioether (sulfide) groups is 1. The van der Waals surface area contributed by atoms with Gasteiger partial charge in [0, 0.05) is 43.9 Å². The molecule has 18 heteroatoms. The molecule has 56 heavy (non-hydrogen) atoms. The highest BCUT2D eigenvalue weighted by Gasteiger charge is 2.33. The number of carbonyl (C=O) groups excluding carboxylic acids is 4. The van der Waals surface area contributed by atoms with E-state index in [1.807, 2.05) is 30.3 Å². The minimum absolute atomic E-state index is 0.0891. The van der Waals surface area contributed by atoms with Gasteiger partial charge in [0.15, 0.2) is 0 Å². The molecule has 5 amide bonds. The van der Waals surface area contributed by atoms with Crippen molar-refractivity contribution in [2.24, 2.45) is 5.92 Å². The number of urea groups is 1. The van der Waals surface area contributed by atoms with Gasteiger partial charge in [-0.15, -0.1) is 5.10 Å². The molecule has 1 saturated heterocycles. The summed E-state index contributed by atoms with van der Waals surface area (Å²) in [5.74, 6) is -0.0855. The largest absolute Gasteiger partial charge is 0.444 e. The van der Waals surface area contributed by atoms with Gasteiger partial charge in [-0.25, -0.2) is 19.7 Å². The number of aliphatic hydroxyl groups is 1. The molecule has 2 aromatic heterocycles. The number of ether oxygens (including phenoxy) is 1. The standard InChI is InChI=1S/C38H57N11O6S/c1-38(2,3)55-37(54)41-27-14-17-49(18-15-27)36(53)44-30(21-26-12-8-5-9-13-26)33(51)43-31(22-28-23-39-24-40-28)34(52)42-29(20-25-10-6-4-7-11-25)32(50)16-19-56-35-45-47-48-46-35/h5,8-9,12-13,23-25,27,29-32,50H,4,6-7,10-11,14-22H2,1-3H3,(H,39,40)(H,41,54)(H,42,52)(H,43,51)(H,44,53)(H,45,46,47,48)/t29-,30-,31-,32-/m0/s1. The van der Waals surface area contributed by atoms with Crippen LogP contribution >= 0.6 is 11.8 Å². The average molecular weight is 796 g/mol. The molecule has 2 fully saturated rings. The summed E-state index contributed by atoms with van der Waals surface area (Å²) in [7, 11) is 0. The number of imidazole rings is 1. The molecule has 4 atom stereocenters. The molecule has 1 aromatic carbocycles. The van der Waals surface area contributed by atoms with Crippen LogP contribution in [0.15, 0.2) is 48.0 Å². The Kier molecular flexibility index (Phi) is 15.9. The Labute approximate surface area is 332 Å². The van der Waals surface area contributed by atoms with Gasteiger partial charge in [0.1, 0.15) is 17.7 Å². The summed E-state index contributed by atoms with van der Waals surface area (Å²) in [6, 6.07) is 6.18. The molecule has 0 unspecified atom stereocenters. The number of nitrogens with zero attached hydrogens (tertiary/aromatic N) is 5. The van der Waals surface area contributed by atoms with Gasteiger partial charge in [0.2, 0.25) is 17.0 Å². The molecule has 0 spiro atoms. The Morgan fingerprint density at radius 2 is 1.68 bits per heavy atom. The molecule has 5 rings (SSSR count). The number of tetrazole rings is 1. The Morgan fingerprint density at radius 3 is 2.34 bits per heavy atom. The van der Waals surface area contributed by atoms with Crippen LogP contribution < -0.4 is 21.3 Å². The Hall–Kier alpha value is -4.71. The maximum Gasteiger partial charge on any atom is 0.407 e. The maximum atomic E-state index is 14.2. The molecule has 0 bridgehead atoms. The molecule has 17 nitrogen and oxygen atoms in total. The van der Waals surface area contributed by atoms with Crippen molar-refractivity contribution >= 4 is 35.7 Å². The number of aliphatic hydroxyl groups excluding tert-OH is 1. The first-order valence-corrected chi connectivity index (χ1v) is 20.6. The normalized spacial score (nSPS) is 17.6. The Balaban J connectivity index is 1.26. The number of hydrogen-bond donors (Lipinski definition) is 7. The highest BCUT2D eigenvalue weighted by Crippen LogP contribution is 2.29. The topological polar surface area (TPSA) is 232 Å². The van der Waals surface area contributed by atoms with Crippen LogP contribution in [-0.2, 0) is 27.2 Å². The van der Waals surface area contributed by atoms with Crippen LogP contribution in [0, 0.1) is 5.92 Å². The Bertz CT molecular complexity index is 1640. The first-order valence-electron chi connectivity index (χ1n) is 19.6. The van der Waals surface area contributed by atoms with E-state index >= 15 is 0 Å². The second-order valence-corrected chi connectivity index (χ2v) is 16.8. The molecule has 1 aliphatic carbocycles. The van der Waals surface area contributed by atoms with E-state index in [1.165, 1.54) is 24.5 Å². The Morgan fingerprint density at radius 1 is 0.964 bits per heavy atom. The van der Waals surface area contributed by atoms with E-state index in [0.29, 0.717) is 61.3 Å². The highest BCUT2D eigenvalue weighted by atomic mass is 32.2. The fourth-order valence-electron chi connectivity index (χ4n) is 7.16. The molecule has 3 heterocycles. The number of carbonyl (C=O) groups is 4. The van der Waals surface area contributed by atoms with E-state index in [9.17, 15) is 24.3 Å². The molecular weight excluding hydrogens is 739 g/mol. The maximum absolute atomic E-state index is 14.2. The van der Waals surface area contributed by atoms with Gasteiger partial charge in [-0.2, -0.15) is 0 Å². The number of nitrogens with one attached hydrogen (secondary N) is 6.